The molecule has 0 bridgehead atoms. The monoisotopic (exact) mass is 375 g/mol. The van der Waals surface area contributed by atoms with Crippen LogP contribution in [0.2, 0.25) is 0 Å². The van der Waals surface area contributed by atoms with E-state index in [2.05, 4.69) is 10.6 Å². The summed E-state index contributed by atoms with van der Waals surface area (Å²) in [7, 11) is 1.55. The van der Waals surface area contributed by atoms with E-state index in [9.17, 15) is 9.59 Å². The van der Waals surface area contributed by atoms with Crippen molar-refractivity contribution in [3.63, 3.8) is 0 Å². The van der Waals surface area contributed by atoms with Gasteiger partial charge in [-0.1, -0.05) is 12.1 Å². The summed E-state index contributed by atoms with van der Waals surface area (Å²) in [5.74, 6) is 0.565. The molecular formula is C19H22ClN3O3. The second-order valence-electron chi connectivity index (χ2n) is 6.07. The molecule has 0 atom stereocenters. The van der Waals surface area contributed by atoms with Crippen molar-refractivity contribution < 1.29 is 14.3 Å². The van der Waals surface area contributed by atoms with Crippen LogP contribution in [0.15, 0.2) is 36.4 Å². The second-order valence-corrected chi connectivity index (χ2v) is 6.07. The van der Waals surface area contributed by atoms with Gasteiger partial charge in [-0.2, -0.15) is 0 Å². The quantitative estimate of drug-likeness (QED) is 0.676. The number of amides is 2. The zero-order valence-corrected chi connectivity index (χ0v) is 15.3. The van der Waals surface area contributed by atoms with Crippen molar-refractivity contribution >= 4 is 41.3 Å². The van der Waals surface area contributed by atoms with E-state index >= 15 is 0 Å². The number of nitrogens with one attached hydrogen (secondary N) is 2. The topological polar surface area (TPSA) is 93.4 Å². The lowest BCUT2D eigenvalue weighted by Crippen LogP contribution is -2.11. The fourth-order valence-electron chi connectivity index (χ4n) is 2.93. The molecule has 0 unspecified atom stereocenters. The number of benzene rings is 2. The van der Waals surface area contributed by atoms with E-state index in [0.717, 1.165) is 29.7 Å². The lowest BCUT2D eigenvalue weighted by Gasteiger charge is -2.09. The highest BCUT2D eigenvalue weighted by Gasteiger charge is 2.17. The number of hydrogen-bond donors (Lipinski definition) is 3. The van der Waals surface area contributed by atoms with Crippen molar-refractivity contribution in [3.05, 3.63) is 47.5 Å². The van der Waals surface area contributed by atoms with Crippen LogP contribution in [-0.4, -0.2) is 18.9 Å². The molecule has 0 saturated heterocycles. The molecule has 4 N–H and O–H groups in total. The standard InChI is InChI=1S/C19H21N3O3.ClH/c1-25-17-8-6-14(11-15(17)20)21-18(23)4-2-3-12-5-7-16-13(9-12)10-19(24)22-16;/h5-9,11H,2-4,10,20H2,1H3,(H,21,23)(H,22,24);1H. The fraction of sp³-hybridized carbons (Fsp3) is 0.263. The normalized spacial score (nSPS) is 12.0. The maximum Gasteiger partial charge on any atom is 0.228 e. The SMILES string of the molecule is COc1ccc(NC(=O)CCCc2ccc3c(c2)CC(=O)N3)cc1N.Cl. The van der Waals surface area contributed by atoms with Gasteiger partial charge in [0.1, 0.15) is 5.75 Å². The fourth-order valence-corrected chi connectivity index (χ4v) is 2.93. The number of methoxy groups -OCH3 is 1. The first-order valence-corrected chi connectivity index (χ1v) is 8.20. The lowest BCUT2D eigenvalue weighted by atomic mass is 10.0. The lowest BCUT2D eigenvalue weighted by molar-refractivity contribution is -0.116. The van der Waals surface area contributed by atoms with Gasteiger partial charge in [0.05, 0.1) is 19.2 Å². The number of ether oxygens (including phenoxy) is 1. The molecular weight excluding hydrogens is 354 g/mol. The van der Waals surface area contributed by atoms with Crippen LogP contribution in [0.1, 0.15) is 24.0 Å². The molecule has 2 aromatic carbocycles. The van der Waals surface area contributed by atoms with Gasteiger partial charge >= 0.3 is 0 Å². The molecule has 1 aliphatic heterocycles. The first kappa shape index (κ1) is 19.6. The van der Waals surface area contributed by atoms with Gasteiger partial charge in [-0.05, 0) is 48.2 Å². The Labute approximate surface area is 158 Å². The largest absolute Gasteiger partial charge is 0.495 e. The van der Waals surface area contributed by atoms with E-state index in [0.29, 0.717) is 30.0 Å². The Hall–Kier alpha value is -2.73. The Morgan fingerprint density at radius 1 is 1.27 bits per heavy atom. The molecule has 1 aliphatic rings. The minimum Gasteiger partial charge on any atom is -0.495 e. The Bertz CT molecular complexity index is 824. The summed E-state index contributed by atoms with van der Waals surface area (Å²) in [6.45, 7) is 0. The Morgan fingerprint density at radius 3 is 2.81 bits per heavy atom. The van der Waals surface area contributed by atoms with Gasteiger partial charge in [-0.25, -0.2) is 0 Å². The number of nitrogens with two attached hydrogens (primary N) is 1. The predicted molar refractivity (Wildman–Crippen MR) is 105 cm³/mol. The third kappa shape index (κ3) is 4.67. The summed E-state index contributed by atoms with van der Waals surface area (Å²) >= 11 is 0. The highest BCUT2D eigenvalue weighted by Crippen LogP contribution is 2.25. The van der Waals surface area contributed by atoms with Crippen LogP contribution < -0.4 is 21.1 Å². The van der Waals surface area contributed by atoms with Crippen molar-refractivity contribution in [1.82, 2.24) is 0 Å². The predicted octanol–water partition coefficient (Wildman–Crippen LogP) is 3.16. The molecule has 2 aromatic rings. The van der Waals surface area contributed by atoms with Crippen molar-refractivity contribution in [2.24, 2.45) is 0 Å². The van der Waals surface area contributed by atoms with Crippen LogP contribution in [0, 0.1) is 0 Å². The number of fused-ring (bicyclic) bond motifs is 1. The van der Waals surface area contributed by atoms with Gasteiger partial charge in [0.2, 0.25) is 11.8 Å². The summed E-state index contributed by atoms with van der Waals surface area (Å²) in [4.78, 5) is 23.4. The van der Waals surface area contributed by atoms with Crippen molar-refractivity contribution in [2.45, 2.75) is 25.7 Å². The third-order valence-corrected chi connectivity index (χ3v) is 4.18. The van der Waals surface area contributed by atoms with Crippen molar-refractivity contribution in [1.29, 1.82) is 0 Å². The number of halogens is 1. The summed E-state index contributed by atoms with van der Waals surface area (Å²) in [5, 5.41) is 5.66. The molecule has 0 saturated carbocycles. The van der Waals surface area contributed by atoms with Gasteiger partial charge in [0, 0.05) is 17.8 Å². The maximum atomic E-state index is 12.1. The Morgan fingerprint density at radius 2 is 2.08 bits per heavy atom. The zero-order chi connectivity index (χ0) is 17.8. The van der Waals surface area contributed by atoms with E-state index in [4.69, 9.17) is 10.5 Å². The number of nitrogen functional groups attached to an aromatic ring is 1. The molecule has 0 fully saturated rings. The highest BCUT2D eigenvalue weighted by molar-refractivity contribution is 5.99. The molecule has 0 aromatic heterocycles. The van der Waals surface area contributed by atoms with Crippen LogP contribution in [0.5, 0.6) is 5.75 Å². The molecule has 1 heterocycles. The summed E-state index contributed by atoms with van der Waals surface area (Å²) in [5.41, 5.74) is 10.0. The molecule has 0 spiro atoms. The number of aryl methyl sites for hydroxylation is 1. The summed E-state index contributed by atoms with van der Waals surface area (Å²) in [6, 6.07) is 11.1. The minimum atomic E-state index is -0.0532. The summed E-state index contributed by atoms with van der Waals surface area (Å²) < 4.78 is 5.09. The van der Waals surface area contributed by atoms with E-state index < -0.39 is 0 Å². The van der Waals surface area contributed by atoms with Gasteiger partial charge in [-0.15, -0.1) is 12.4 Å². The molecule has 6 nitrogen and oxygen atoms in total. The second kappa shape index (κ2) is 8.58. The van der Waals surface area contributed by atoms with Crippen molar-refractivity contribution in [3.8, 4) is 5.75 Å². The van der Waals surface area contributed by atoms with E-state index in [1.165, 1.54) is 0 Å². The smallest absolute Gasteiger partial charge is 0.228 e. The van der Waals surface area contributed by atoms with E-state index in [1.54, 1.807) is 25.3 Å². The summed E-state index contributed by atoms with van der Waals surface area (Å²) in [6.07, 6.45) is 2.38. The molecule has 0 aliphatic carbocycles. The van der Waals surface area contributed by atoms with Crippen molar-refractivity contribution in [2.75, 3.05) is 23.5 Å². The Balaban J connectivity index is 0.00000243. The number of rotatable bonds is 6. The number of carbonyl (C=O) groups excluding carboxylic acids is 2. The minimum absolute atomic E-state index is 0. The zero-order valence-electron chi connectivity index (χ0n) is 14.5. The molecule has 3 rings (SSSR count). The van der Waals surface area contributed by atoms with Crippen LogP contribution in [-0.2, 0) is 22.4 Å². The molecule has 0 radical (unpaired) electrons. The van der Waals surface area contributed by atoms with E-state index in [-0.39, 0.29) is 24.2 Å². The third-order valence-electron chi connectivity index (χ3n) is 4.18. The molecule has 138 valence electrons. The maximum absolute atomic E-state index is 12.1. The van der Waals surface area contributed by atoms with Gasteiger partial charge in [0.15, 0.2) is 0 Å². The van der Waals surface area contributed by atoms with Gasteiger partial charge in [-0.3, -0.25) is 9.59 Å². The van der Waals surface area contributed by atoms with Crippen LogP contribution >= 0.6 is 12.4 Å². The number of carbonyl (C=O) groups is 2. The number of hydrogen-bond acceptors (Lipinski definition) is 4. The van der Waals surface area contributed by atoms with Crippen LogP contribution in [0.3, 0.4) is 0 Å². The first-order valence-electron chi connectivity index (χ1n) is 8.20. The van der Waals surface area contributed by atoms with Gasteiger partial charge < -0.3 is 21.1 Å². The van der Waals surface area contributed by atoms with E-state index in [1.807, 2.05) is 18.2 Å². The molecule has 26 heavy (non-hydrogen) atoms. The average molecular weight is 376 g/mol. The van der Waals surface area contributed by atoms with Crippen LogP contribution in [0.4, 0.5) is 17.1 Å². The van der Waals surface area contributed by atoms with Gasteiger partial charge in [0.25, 0.3) is 0 Å². The first-order chi connectivity index (χ1) is 12.0. The highest BCUT2D eigenvalue weighted by atomic mass is 35.5. The Kier molecular flexibility index (Phi) is 6.46. The molecule has 2 amide bonds. The average Bonchev–Trinajstić information content (AvgIpc) is 2.94. The number of anilines is 3. The molecule has 7 heteroatoms. The van der Waals surface area contributed by atoms with Crippen LogP contribution in [0.25, 0.3) is 0 Å².